The average molecular weight is 440 g/mol. The maximum atomic E-state index is 12.3. The number of carbonyl (C=O) groups is 1. The van der Waals surface area contributed by atoms with Crippen LogP contribution < -0.4 is 4.18 Å². The van der Waals surface area contributed by atoms with Crippen LogP contribution in [0.2, 0.25) is 5.02 Å². The van der Waals surface area contributed by atoms with Crippen LogP contribution in [-0.4, -0.2) is 20.3 Å². The molecule has 0 bridgehead atoms. The first kappa shape index (κ1) is 19.9. The lowest BCUT2D eigenvalue weighted by Crippen LogP contribution is -2.09. The number of benzene rings is 3. The lowest BCUT2D eigenvalue weighted by atomic mass is 10.2. The molecule has 8 heteroatoms. The quantitative estimate of drug-likeness (QED) is 0.333. The second-order valence-corrected chi connectivity index (χ2v) is 8.25. The molecule has 0 aliphatic carbocycles. The first-order valence-electron chi connectivity index (χ1n) is 8.79. The fourth-order valence-electron chi connectivity index (χ4n) is 2.69. The second kappa shape index (κ2) is 8.14. The van der Waals surface area contributed by atoms with Crippen LogP contribution in [0.5, 0.6) is 5.75 Å². The monoisotopic (exact) mass is 439 g/mol. The van der Waals surface area contributed by atoms with Crippen LogP contribution in [0.1, 0.15) is 11.1 Å². The summed E-state index contributed by atoms with van der Waals surface area (Å²) in [4.78, 5) is 16.4. The van der Waals surface area contributed by atoms with Crippen molar-refractivity contribution in [2.75, 3.05) is 0 Å². The standard InChI is InChI=1S/C22H14ClNO5S/c23-17-6-4-5-16(14-17)21-24-20(22(25)28-21)13-15-9-11-18(12-10-15)29-30(26,27)19-7-2-1-3-8-19/h1-14H/b20-13-. The number of carbonyl (C=O) groups excluding carboxylic acids is 1. The zero-order valence-electron chi connectivity index (χ0n) is 15.4. The molecule has 3 aromatic carbocycles. The van der Waals surface area contributed by atoms with E-state index in [-0.39, 0.29) is 22.2 Å². The number of halogens is 1. The van der Waals surface area contributed by atoms with E-state index in [4.69, 9.17) is 20.5 Å². The molecule has 0 N–H and O–H groups in total. The van der Waals surface area contributed by atoms with Crippen LogP contribution in [0.3, 0.4) is 0 Å². The van der Waals surface area contributed by atoms with Crippen LogP contribution >= 0.6 is 11.6 Å². The van der Waals surface area contributed by atoms with Crippen LogP contribution in [0.15, 0.2) is 94.4 Å². The van der Waals surface area contributed by atoms with Crippen molar-refractivity contribution in [2.24, 2.45) is 4.99 Å². The summed E-state index contributed by atoms with van der Waals surface area (Å²) < 4.78 is 34.9. The predicted molar refractivity (Wildman–Crippen MR) is 113 cm³/mol. The SMILES string of the molecule is O=C1OC(c2cccc(Cl)c2)=N/C1=C\c1ccc(OS(=O)(=O)c2ccccc2)cc1. The van der Waals surface area contributed by atoms with Gasteiger partial charge in [0.1, 0.15) is 10.6 Å². The number of ether oxygens (including phenoxy) is 1. The van der Waals surface area contributed by atoms with Crippen LogP contribution in [0.25, 0.3) is 6.08 Å². The maximum Gasteiger partial charge on any atom is 0.363 e. The Hall–Kier alpha value is -3.42. The molecule has 4 rings (SSSR count). The van der Waals surface area contributed by atoms with Crippen molar-refractivity contribution < 1.29 is 22.1 Å². The summed E-state index contributed by atoms with van der Waals surface area (Å²) in [5.74, 6) is -0.266. The molecular formula is C22H14ClNO5S. The van der Waals surface area contributed by atoms with Gasteiger partial charge in [-0.05, 0) is 54.1 Å². The number of hydrogen-bond donors (Lipinski definition) is 0. The smallest absolute Gasteiger partial charge is 0.363 e. The molecule has 1 heterocycles. The van der Waals surface area contributed by atoms with Gasteiger partial charge in [-0.3, -0.25) is 0 Å². The molecule has 0 spiro atoms. The van der Waals surface area contributed by atoms with Gasteiger partial charge < -0.3 is 8.92 Å². The van der Waals surface area contributed by atoms with E-state index in [1.807, 2.05) is 0 Å². The highest BCUT2D eigenvalue weighted by Gasteiger charge is 2.24. The van der Waals surface area contributed by atoms with Crippen molar-refractivity contribution in [2.45, 2.75) is 4.90 Å². The molecule has 0 aromatic heterocycles. The summed E-state index contributed by atoms with van der Waals surface area (Å²) in [5, 5.41) is 0.504. The highest BCUT2D eigenvalue weighted by Crippen LogP contribution is 2.23. The predicted octanol–water partition coefficient (Wildman–Crippen LogP) is 4.45. The van der Waals surface area contributed by atoms with Gasteiger partial charge in [-0.15, -0.1) is 0 Å². The summed E-state index contributed by atoms with van der Waals surface area (Å²) in [7, 11) is -3.92. The molecular weight excluding hydrogens is 426 g/mol. The Morgan fingerprint density at radius 2 is 1.67 bits per heavy atom. The Bertz CT molecular complexity index is 1270. The normalized spacial score (nSPS) is 15.0. The van der Waals surface area contributed by atoms with E-state index in [1.165, 1.54) is 30.3 Å². The zero-order chi connectivity index (χ0) is 21.1. The lowest BCUT2D eigenvalue weighted by molar-refractivity contribution is -0.129. The van der Waals surface area contributed by atoms with Gasteiger partial charge in [-0.25, -0.2) is 9.79 Å². The lowest BCUT2D eigenvalue weighted by Gasteiger charge is -2.07. The Morgan fingerprint density at radius 3 is 2.37 bits per heavy atom. The second-order valence-electron chi connectivity index (χ2n) is 6.27. The number of esters is 1. The highest BCUT2D eigenvalue weighted by atomic mass is 35.5. The molecule has 0 fully saturated rings. The van der Waals surface area contributed by atoms with E-state index in [0.29, 0.717) is 16.1 Å². The van der Waals surface area contributed by atoms with E-state index in [1.54, 1.807) is 54.6 Å². The minimum absolute atomic E-state index is 0.0628. The third-order valence-corrected chi connectivity index (χ3v) is 5.61. The minimum Gasteiger partial charge on any atom is -0.402 e. The Labute approximate surface area is 178 Å². The maximum absolute atomic E-state index is 12.3. The van der Waals surface area contributed by atoms with Crippen molar-refractivity contribution >= 4 is 39.7 Å². The van der Waals surface area contributed by atoms with Crippen molar-refractivity contribution in [3.8, 4) is 5.75 Å². The van der Waals surface area contributed by atoms with Gasteiger partial charge in [0.25, 0.3) is 0 Å². The minimum atomic E-state index is -3.92. The van der Waals surface area contributed by atoms with E-state index < -0.39 is 16.1 Å². The molecule has 0 atom stereocenters. The number of cyclic esters (lactones) is 1. The molecule has 1 aliphatic heterocycles. The zero-order valence-corrected chi connectivity index (χ0v) is 16.9. The summed E-state index contributed by atoms with van der Waals surface area (Å²) in [6, 6.07) is 20.9. The van der Waals surface area contributed by atoms with Crippen molar-refractivity contribution in [3.63, 3.8) is 0 Å². The first-order chi connectivity index (χ1) is 14.4. The molecule has 150 valence electrons. The van der Waals surface area contributed by atoms with Crippen LogP contribution in [0, 0.1) is 0 Å². The van der Waals surface area contributed by atoms with E-state index in [9.17, 15) is 13.2 Å². The van der Waals surface area contributed by atoms with Crippen molar-refractivity contribution in [1.29, 1.82) is 0 Å². The van der Waals surface area contributed by atoms with Gasteiger partial charge in [-0.2, -0.15) is 8.42 Å². The molecule has 6 nitrogen and oxygen atoms in total. The number of rotatable bonds is 5. The summed E-state index contributed by atoms with van der Waals surface area (Å²) in [6.45, 7) is 0. The molecule has 0 saturated heterocycles. The summed E-state index contributed by atoms with van der Waals surface area (Å²) in [5.41, 5.74) is 1.34. The third-order valence-electron chi connectivity index (χ3n) is 4.11. The fraction of sp³-hybridized carbons (Fsp3) is 0. The third kappa shape index (κ3) is 4.42. The van der Waals surface area contributed by atoms with Gasteiger partial charge in [0.15, 0.2) is 5.70 Å². The summed E-state index contributed by atoms with van der Waals surface area (Å²) >= 11 is 5.96. The van der Waals surface area contributed by atoms with E-state index in [2.05, 4.69) is 4.99 Å². The molecule has 0 saturated carbocycles. The molecule has 0 unspecified atom stereocenters. The van der Waals surface area contributed by atoms with E-state index in [0.717, 1.165) is 0 Å². The number of aliphatic imine (C=N–C) groups is 1. The summed E-state index contributed by atoms with van der Waals surface area (Å²) in [6.07, 6.45) is 1.54. The van der Waals surface area contributed by atoms with Gasteiger partial charge in [0.05, 0.1) is 0 Å². The Kier molecular flexibility index (Phi) is 5.39. The van der Waals surface area contributed by atoms with Crippen LogP contribution in [0.4, 0.5) is 0 Å². The molecule has 3 aromatic rings. The molecule has 0 amide bonds. The topological polar surface area (TPSA) is 82.0 Å². The van der Waals surface area contributed by atoms with Crippen LogP contribution in [-0.2, 0) is 19.6 Å². The molecule has 0 radical (unpaired) electrons. The van der Waals surface area contributed by atoms with Crippen molar-refractivity contribution in [3.05, 3.63) is 101 Å². The van der Waals surface area contributed by atoms with Gasteiger partial charge in [0, 0.05) is 10.6 Å². The van der Waals surface area contributed by atoms with Gasteiger partial charge in [-0.1, -0.05) is 48.0 Å². The largest absolute Gasteiger partial charge is 0.402 e. The molecule has 30 heavy (non-hydrogen) atoms. The number of nitrogens with zero attached hydrogens (tertiary/aromatic N) is 1. The first-order valence-corrected chi connectivity index (χ1v) is 10.6. The van der Waals surface area contributed by atoms with Gasteiger partial charge in [0.2, 0.25) is 5.90 Å². The molecule has 1 aliphatic rings. The van der Waals surface area contributed by atoms with E-state index >= 15 is 0 Å². The highest BCUT2D eigenvalue weighted by molar-refractivity contribution is 7.87. The van der Waals surface area contributed by atoms with Gasteiger partial charge >= 0.3 is 16.1 Å². The fourth-order valence-corrected chi connectivity index (χ4v) is 3.84. The van der Waals surface area contributed by atoms with Crippen molar-refractivity contribution in [1.82, 2.24) is 0 Å². The Balaban J connectivity index is 1.53. The Morgan fingerprint density at radius 1 is 0.933 bits per heavy atom. The number of hydrogen-bond acceptors (Lipinski definition) is 6. The average Bonchev–Trinajstić information content (AvgIpc) is 3.10.